The first-order chi connectivity index (χ1) is 6.73. The summed E-state index contributed by atoms with van der Waals surface area (Å²) in [6.45, 7) is 0. The summed E-state index contributed by atoms with van der Waals surface area (Å²) in [5.41, 5.74) is 3.57. The van der Waals surface area contributed by atoms with Gasteiger partial charge in [0.15, 0.2) is 0 Å². The third-order valence-corrected chi connectivity index (χ3v) is 2.33. The van der Waals surface area contributed by atoms with Crippen molar-refractivity contribution in [1.29, 1.82) is 0 Å². The standard InChI is InChI=1S/C8H5F5IN/c9-4-1-3(14)2-5(10)6(4)7(15)8(11,12)13/h1-2,7H,15H2/t7-/m0/s1. The van der Waals surface area contributed by atoms with Crippen molar-refractivity contribution in [3.8, 4) is 0 Å². The topological polar surface area (TPSA) is 26.0 Å². The molecule has 1 aromatic carbocycles. The van der Waals surface area contributed by atoms with Crippen LogP contribution in [0.4, 0.5) is 22.0 Å². The van der Waals surface area contributed by atoms with E-state index in [0.29, 0.717) is 0 Å². The molecule has 0 amide bonds. The summed E-state index contributed by atoms with van der Waals surface area (Å²) in [4.78, 5) is 0. The monoisotopic (exact) mass is 337 g/mol. The van der Waals surface area contributed by atoms with Gasteiger partial charge in [0.05, 0.1) is 0 Å². The first kappa shape index (κ1) is 12.6. The summed E-state index contributed by atoms with van der Waals surface area (Å²) in [6, 6.07) is -1.05. The van der Waals surface area contributed by atoms with Crippen molar-refractivity contribution >= 4 is 22.6 Å². The summed E-state index contributed by atoms with van der Waals surface area (Å²) in [5, 5.41) is 0. The number of alkyl halides is 3. The summed E-state index contributed by atoms with van der Waals surface area (Å²) < 4.78 is 62.7. The van der Waals surface area contributed by atoms with Gasteiger partial charge in [-0.2, -0.15) is 13.2 Å². The molecule has 15 heavy (non-hydrogen) atoms. The van der Waals surface area contributed by atoms with Crippen LogP contribution in [0.15, 0.2) is 12.1 Å². The highest BCUT2D eigenvalue weighted by Crippen LogP contribution is 2.33. The second-order valence-electron chi connectivity index (χ2n) is 2.80. The van der Waals surface area contributed by atoms with Crippen LogP contribution in [0, 0.1) is 15.2 Å². The lowest BCUT2D eigenvalue weighted by molar-refractivity contribution is -0.150. The number of hydrogen-bond acceptors (Lipinski definition) is 1. The average molecular weight is 337 g/mol. The van der Waals surface area contributed by atoms with Gasteiger partial charge in [0.25, 0.3) is 0 Å². The average Bonchev–Trinajstić information content (AvgIpc) is 1.99. The fraction of sp³-hybridized carbons (Fsp3) is 0.250. The molecule has 0 radical (unpaired) electrons. The molecule has 0 unspecified atom stereocenters. The molecule has 0 aliphatic carbocycles. The maximum atomic E-state index is 13.1. The predicted molar refractivity (Wildman–Crippen MR) is 52.1 cm³/mol. The first-order valence-corrected chi connectivity index (χ1v) is 4.78. The molecular formula is C8H5F5IN. The molecule has 84 valence electrons. The minimum Gasteiger partial charge on any atom is -0.316 e. The van der Waals surface area contributed by atoms with E-state index in [1.807, 2.05) is 0 Å². The van der Waals surface area contributed by atoms with Crippen LogP contribution in [0.1, 0.15) is 11.6 Å². The molecule has 7 heteroatoms. The zero-order chi connectivity index (χ0) is 11.8. The molecule has 1 aromatic rings. The Kier molecular flexibility index (Phi) is 3.54. The molecule has 1 rings (SSSR count). The largest absolute Gasteiger partial charge is 0.407 e. The van der Waals surface area contributed by atoms with Crippen molar-refractivity contribution in [2.75, 3.05) is 0 Å². The van der Waals surface area contributed by atoms with Crippen molar-refractivity contribution in [3.05, 3.63) is 32.9 Å². The first-order valence-electron chi connectivity index (χ1n) is 3.70. The summed E-state index contributed by atoms with van der Waals surface area (Å²) in [5.74, 6) is -2.58. The molecule has 0 aliphatic rings. The van der Waals surface area contributed by atoms with Crippen LogP contribution in [0.2, 0.25) is 0 Å². The fourth-order valence-corrected chi connectivity index (χ4v) is 1.56. The number of rotatable bonds is 1. The molecule has 0 saturated heterocycles. The lowest BCUT2D eigenvalue weighted by Crippen LogP contribution is -2.30. The van der Waals surface area contributed by atoms with Crippen LogP contribution < -0.4 is 5.73 Å². The van der Waals surface area contributed by atoms with Gasteiger partial charge in [-0.25, -0.2) is 8.78 Å². The van der Waals surface area contributed by atoms with Gasteiger partial charge in [0.1, 0.15) is 17.7 Å². The van der Waals surface area contributed by atoms with Gasteiger partial charge in [-0.05, 0) is 34.7 Å². The molecule has 0 saturated carbocycles. The Hall–Kier alpha value is -0.440. The highest BCUT2D eigenvalue weighted by atomic mass is 127. The van der Waals surface area contributed by atoms with E-state index in [0.717, 1.165) is 12.1 Å². The zero-order valence-corrected chi connectivity index (χ0v) is 9.23. The summed E-state index contributed by atoms with van der Waals surface area (Å²) in [6.07, 6.45) is -4.87. The number of halogens is 6. The lowest BCUT2D eigenvalue weighted by atomic mass is 10.1. The fourth-order valence-electron chi connectivity index (χ4n) is 1.01. The molecule has 0 spiro atoms. The minimum absolute atomic E-state index is 0.167. The van der Waals surface area contributed by atoms with E-state index >= 15 is 0 Å². The quantitative estimate of drug-likeness (QED) is 0.619. The van der Waals surface area contributed by atoms with Gasteiger partial charge < -0.3 is 5.73 Å². The zero-order valence-electron chi connectivity index (χ0n) is 7.08. The number of hydrogen-bond donors (Lipinski definition) is 1. The van der Waals surface area contributed by atoms with E-state index in [4.69, 9.17) is 5.73 Å². The molecule has 0 bridgehead atoms. The van der Waals surface area contributed by atoms with Gasteiger partial charge in [0.2, 0.25) is 0 Å². The van der Waals surface area contributed by atoms with E-state index in [2.05, 4.69) is 0 Å². The highest BCUT2D eigenvalue weighted by Gasteiger charge is 2.41. The van der Waals surface area contributed by atoms with Crippen LogP contribution >= 0.6 is 22.6 Å². The minimum atomic E-state index is -4.87. The Labute approximate surface area is 95.6 Å². The Morgan fingerprint density at radius 1 is 1.13 bits per heavy atom. The highest BCUT2D eigenvalue weighted by molar-refractivity contribution is 14.1. The molecule has 2 N–H and O–H groups in total. The molecule has 1 atom stereocenters. The number of nitrogens with two attached hydrogens (primary N) is 1. The molecule has 0 fully saturated rings. The molecule has 0 aliphatic heterocycles. The van der Waals surface area contributed by atoms with Gasteiger partial charge >= 0.3 is 6.18 Å². The van der Waals surface area contributed by atoms with E-state index in [-0.39, 0.29) is 3.57 Å². The van der Waals surface area contributed by atoms with Crippen LogP contribution in [0.5, 0.6) is 0 Å². The molecule has 0 heterocycles. The van der Waals surface area contributed by atoms with Crippen molar-refractivity contribution in [1.82, 2.24) is 0 Å². The second kappa shape index (κ2) is 4.20. The Balaban J connectivity index is 3.26. The smallest absolute Gasteiger partial charge is 0.316 e. The maximum absolute atomic E-state index is 13.1. The third kappa shape index (κ3) is 2.77. The van der Waals surface area contributed by atoms with Crippen molar-refractivity contribution in [2.45, 2.75) is 12.2 Å². The van der Waals surface area contributed by atoms with E-state index in [1.165, 1.54) is 0 Å². The third-order valence-electron chi connectivity index (χ3n) is 1.71. The second-order valence-corrected chi connectivity index (χ2v) is 4.05. The van der Waals surface area contributed by atoms with Crippen molar-refractivity contribution < 1.29 is 22.0 Å². The Morgan fingerprint density at radius 2 is 1.53 bits per heavy atom. The van der Waals surface area contributed by atoms with Crippen LogP contribution in [0.3, 0.4) is 0 Å². The van der Waals surface area contributed by atoms with Crippen LogP contribution in [-0.4, -0.2) is 6.18 Å². The van der Waals surface area contributed by atoms with Crippen molar-refractivity contribution in [3.63, 3.8) is 0 Å². The Morgan fingerprint density at radius 3 is 1.87 bits per heavy atom. The molecular weight excluding hydrogens is 332 g/mol. The van der Waals surface area contributed by atoms with Crippen molar-refractivity contribution in [2.24, 2.45) is 5.73 Å². The lowest BCUT2D eigenvalue weighted by Gasteiger charge is -2.17. The summed E-state index contributed by atoms with van der Waals surface area (Å²) >= 11 is 1.59. The molecule has 0 aromatic heterocycles. The van der Waals surface area contributed by atoms with E-state index in [1.54, 1.807) is 22.6 Å². The normalized spacial score (nSPS) is 14.1. The Bertz CT molecular complexity index is 353. The summed E-state index contributed by atoms with van der Waals surface area (Å²) in [7, 11) is 0. The van der Waals surface area contributed by atoms with E-state index in [9.17, 15) is 22.0 Å². The SMILES string of the molecule is N[C@@H](c1c(F)cc(I)cc1F)C(F)(F)F. The van der Waals surface area contributed by atoms with E-state index < -0.39 is 29.4 Å². The number of benzene rings is 1. The van der Waals surface area contributed by atoms with Gasteiger partial charge in [0, 0.05) is 9.13 Å². The molecule has 1 nitrogen and oxygen atoms in total. The maximum Gasteiger partial charge on any atom is 0.407 e. The van der Waals surface area contributed by atoms with Crippen LogP contribution in [-0.2, 0) is 0 Å². The van der Waals surface area contributed by atoms with Gasteiger partial charge in [-0.15, -0.1) is 0 Å². The van der Waals surface area contributed by atoms with Gasteiger partial charge in [-0.1, -0.05) is 0 Å². The van der Waals surface area contributed by atoms with Crippen LogP contribution in [0.25, 0.3) is 0 Å². The predicted octanol–water partition coefficient (Wildman–Crippen LogP) is 3.13. The van der Waals surface area contributed by atoms with Gasteiger partial charge in [-0.3, -0.25) is 0 Å².